The Bertz CT molecular complexity index is 903. The molecule has 0 saturated heterocycles. The molecule has 122 valence electrons. The van der Waals surface area contributed by atoms with Crippen LogP contribution in [0.2, 0.25) is 0 Å². The number of nitrogens with zero attached hydrogens (tertiary/aromatic N) is 3. The van der Waals surface area contributed by atoms with Crippen LogP contribution in [-0.2, 0) is 17.8 Å². The van der Waals surface area contributed by atoms with E-state index in [0.717, 1.165) is 5.39 Å². The summed E-state index contributed by atoms with van der Waals surface area (Å²) in [5.41, 5.74) is 1.93. The molecule has 0 N–H and O–H groups in total. The van der Waals surface area contributed by atoms with Gasteiger partial charge in [0.1, 0.15) is 5.69 Å². The summed E-state index contributed by atoms with van der Waals surface area (Å²) in [6.45, 7) is 0.288. The number of rotatable bonds is 5. The van der Waals surface area contributed by atoms with Crippen molar-refractivity contribution in [3.8, 4) is 0 Å². The third-order valence-corrected chi connectivity index (χ3v) is 3.74. The Balaban J connectivity index is 1.71. The Kier molecular flexibility index (Phi) is 4.24. The second kappa shape index (κ2) is 6.49. The van der Waals surface area contributed by atoms with E-state index in [-0.39, 0.29) is 24.6 Å². The highest BCUT2D eigenvalue weighted by Crippen LogP contribution is 2.19. The number of non-ortho nitro benzene ring substituents is 1. The van der Waals surface area contributed by atoms with Gasteiger partial charge in [0.2, 0.25) is 5.91 Å². The molecular weight excluding hydrogens is 310 g/mol. The average molecular weight is 325 g/mol. The number of carbonyl (C=O) groups is 1. The number of amides is 1. The Morgan fingerprint density at radius 3 is 2.83 bits per heavy atom. The van der Waals surface area contributed by atoms with Crippen LogP contribution >= 0.6 is 0 Å². The SMILES string of the molecule is CN(Cc1cccc([N+](=O)[O-])c1)C(=O)Cc1noc2ccccc12. The minimum absolute atomic E-state index is 0.0100. The molecule has 0 unspecified atom stereocenters. The zero-order valence-electron chi connectivity index (χ0n) is 13.0. The van der Waals surface area contributed by atoms with Crippen molar-refractivity contribution in [2.75, 3.05) is 7.05 Å². The Morgan fingerprint density at radius 1 is 1.25 bits per heavy atom. The summed E-state index contributed by atoms with van der Waals surface area (Å²) >= 11 is 0. The van der Waals surface area contributed by atoms with E-state index in [1.807, 2.05) is 18.2 Å². The minimum atomic E-state index is -0.452. The highest BCUT2D eigenvalue weighted by Gasteiger charge is 2.16. The maximum absolute atomic E-state index is 12.4. The number of nitro groups is 1. The molecule has 0 spiro atoms. The Morgan fingerprint density at radius 2 is 2.04 bits per heavy atom. The van der Waals surface area contributed by atoms with Crippen molar-refractivity contribution in [3.05, 3.63) is 69.9 Å². The van der Waals surface area contributed by atoms with E-state index in [1.165, 1.54) is 17.0 Å². The highest BCUT2D eigenvalue weighted by molar-refractivity contribution is 5.86. The standard InChI is InChI=1S/C17H15N3O4/c1-19(11-12-5-4-6-13(9-12)20(22)23)17(21)10-15-14-7-2-3-8-16(14)24-18-15/h2-9H,10-11H2,1H3. The fraction of sp³-hybridized carbons (Fsp3) is 0.176. The van der Waals surface area contributed by atoms with E-state index in [1.54, 1.807) is 25.2 Å². The van der Waals surface area contributed by atoms with E-state index in [4.69, 9.17) is 4.52 Å². The molecule has 3 aromatic rings. The molecule has 0 aliphatic carbocycles. The van der Waals surface area contributed by atoms with Crippen molar-refractivity contribution in [1.82, 2.24) is 10.1 Å². The first-order chi connectivity index (χ1) is 11.5. The van der Waals surface area contributed by atoms with Gasteiger partial charge in [-0.05, 0) is 17.7 Å². The molecule has 0 saturated carbocycles. The van der Waals surface area contributed by atoms with Crippen molar-refractivity contribution in [1.29, 1.82) is 0 Å². The predicted molar refractivity (Wildman–Crippen MR) is 87.3 cm³/mol. The monoisotopic (exact) mass is 325 g/mol. The van der Waals surface area contributed by atoms with Gasteiger partial charge in [0, 0.05) is 31.1 Å². The first kappa shape index (κ1) is 15.7. The highest BCUT2D eigenvalue weighted by atomic mass is 16.6. The van der Waals surface area contributed by atoms with Gasteiger partial charge in [0.15, 0.2) is 5.58 Å². The van der Waals surface area contributed by atoms with E-state index in [0.29, 0.717) is 16.8 Å². The molecule has 0 aliphatic rings. The first-order valence-corrected chi connectivity index (χ1v) is 7.35. The Labute approximate surface area is 137 Å². The maximum atomic E-state index is 12.4. The smallest absolute Gasteiger partial charge is 0.269 e. The van der Waals surface area contributed by atoms with Crippen LogP contribution in [-0.4, -0.2) is 27.9 Å². The van der Waals surface area contributed by atoms with E-state index < -0.39 is 4.92 Å². The number of aromatic nitrogens is 1. The minimum Gasteiger partial charge on any atom is -0.356 e. The predicted octanol–water partition coefficient (Wildman–Crippen LogP) is 2.94. The van der Waals surface area contributed by atoms with Crippen LogP contribution in [0.3, 0.4) is 0 Å². The van der Waals surface area contributed by atoms with Crippen molar-refractivity contribution in [2.45, 2.75) is 13.0 Å². The van der Waals surface area contributed by atoms with Gasteiger partial charge in [-0.1, -0.05) is 29.4 Å². The van der Waals surface area contributed by atoms with Crippen LogP contribution in [0.5, 0.6) is 0 Å². The summed E-state index contributed by atoms with van der Waals surface area (Å²) in [5.74, 6) is -0.138. The molecule has 0 atom stereocenters. The van der Waals surface area contributed by atoms with Crippen LogP contribution in [0, 0.1) is 10.1 Å². The molecule has 1 amide bonds. The van der Waals surface area contributed by atoms with Gasteiger partial charge in [-0.15, -0.1) is 0 Å². The lowest BCUT2D eigenvalue weighted by Crippen LogP contribution is -2.27. The lowest BCUT2D eigenvalue weighted by atomic mass is 10.1. The zero-order chi connectivity index (χ0) is 17.1. The molecule has 7 nitrogen and oxygen atoms in total. The number of hydrogen-bond acceptors (Lipinski definition) is 5. The number of benzene rings is 2. The molecular formula is C17H15N3O4. The van der Waals surface area contributed by atoms with E-state index in [9.17, 15) is 14.9 Å². The Hall–Kier alpha value is -3.22. The van der Waals surface area contributed by atoms with E-state index >= 15 is 0 Å². The molecule has 7 heteroatoms. The molecule has 0 bridgehead atoms. The summed E-state index contributed by atoms with van der Waals surface area (Å²) in [5, 5.41) is 15.6. The average Bonchev–Trinajstić information content (AvgIpc) is 2.98. The molecule has 0 radical (unpaired) electrons. The zero-order valence-corrected chi connectivity index (χ0v) is 13.0. The number of hydrogen-bond donors (Lipinski definition) is 0. The van der Waals surface area contributed by atoms with Gasteiger partial charge in [-0.25, -0.2) is 0 Å². The number of carbonyl (C=O) groups excluding carboxylic acids is 1. The van der Waals surface area contributed by atoms with Gasteiger partial charge < -0.3 is 9.42 Å². The molecule has 3 rings (SSSR count). The lowest BCUT2D eigenvalue weighted by Gasteiger charge is -2.16. The first-order valence-electron chi connectivity index (χ1n) is 7.35. The van der Waals surface area contributed by atoms with Crippen LogP contribution in [0.25, 0.3) is 11.0 Å². The van der Waals surface area contributed by atoms with Gasteiger partial charge in [0.05, 0.1) is 11.3 Å². The summed E-state index contributed by atoms with van der Waals surface area (Å²) in [6.07, 6.45) is 0.114. The number of nitro benzene ring substituents is 1. The molecule has 0 aliphatic heterocycles. The fourth-order valence-corrected chi connectivity index (χ4v) is 2.47. The van der Waals surface area contributed by atoms with Gasteiger partial charge >= 0.3 is 0 Å². The van der Waals surface area contributed by atoms with Crippen LogP contribution in [0.1, 0.15) is 11.3 Å². The van der Waals surface area contributed by atoms with Crippen molar-refractivity contribution >= 4 is 22.6 Å². The van der Waals surface area contributed by atoms with Gasteiger partial charge in [-0.3, -0.25) is 14.9 Å². The third-order valence-electron chi connectivity index (χ3n) is 3.74. The second-order valence-electron chi connectivity index (χ2n) is 5.48. The molecule has 2 aromatic carbocycles. The number of fused-ring (bicyclic) bond motifs is 1. The number of likely N-dealkylation sites (N-methyl/N-ethyl adjacent to an activating group) is 1. The van der Waals surface area contributed by atoms with E-state index in [2.05, 4.69) is 5.16 Å². The lowest BCUT2D eigenvalue weighted by molar-refractivity contribution is -0.384. The molecule has 1 aromatic heterocycles. The summed E-state index contributed by atoms with van der Waals surface area (Å²) < 4.78 is 5.19. The summed E-state index contributed by atoms with van der Waals surface area (Å²) in [4.78, 5) is 24.3. The quantitative estimate of drug-likeness (QED) is 0.531. The summed E-state index contributed by atoms with van der Waals surface area (Å²) in [6, 6.07) is 13.6. The number of para-hydroxylation sites is 1. The van der Waals surface area contributed by atoms with Crippen LogP contribution in [0.15, 0.2) is 53.1 Å². The van der Waals surface area contributed by atoms with Crippen molar-refractivity contribution < 1.29 is 14.2 Å². The van der Waals surface area contributed by atoms with Gasteiger partial charge in [-0.2, -0.15) is 0 Å². The fourth-order valence-electron chi connectivity index (χ4n) is 2.47. The largest absolute Gasteiger partial charge is 0.356 e. The maximum Gasteiger partial charge on any atom is 0.269 e. The van der Waals surface area contributed by atoms with Crippen molar-refractivity contribution in [3.63, 3.8) is 0 Å². The third kappa shape index (κ3) is 3.24. The van der Waals surface area contributed by atoms with Gasteiger partial charge in [0.25, 0.3) is 5.69 Å². The summed E-state index contributed by atoms with van der Waals surface area (Å²) in [7, 11) is 1.66. The van der Waals surface area contributed by atoms with Crippen LogP contribution in [0.4, 0.5) is 5.69 Å². The normalized spacial score (nSPS) is 10.7. The van der Waals surface area contributed by atoms with Crippen molar-refractivity contribution in [2.24, 2.45) is 0 Å². The molecule has 24 heavy (non-hydrogen) atoms. The second-order valence-corrected chi connectivity index (χ2v) is 5.48. The molecule has 1 heterocycles. The molecule has 0 fully saturated rings. The topological polar surface area (TPSA) is 89.5 Å². The van der Waals surface area contributed by atoms with Crippen LogP contribution < -0.4 is 0 Å².